The molecule has 1 N–H and O–H groups in total. The Bertz CT molecular complexity index is 414. The first-order valence-corrected chi connectivity index (χ1v) is 7.94. The number of hydrogen-bond acceptors (Lipinski definition) is 3. The minimum absolute atomic E-state index is 0.217. The molecule has 100 valence electrons. The van der Waals surface area contributed by atoms with Crippen LogP contribution < -0.4 is 5.32 Å². The van der Waals surface area contributed by atoms with E-state index >= 15 is 0 Å². The number of benzene rings is 1. The van der Waals surface area contributed by atoms with Gasteiger partial charge in [-0.15, -0.1) is 0 Å². The predicted molar refractivity (Wildman–Crippen MR) is 82.0 cm³/mol. The van der Waals surface area contributed by atoms with Crippen LogP contribution in [0.5, 0.6) is 0 Å². The van der Waals surface area contributed by atoms with E-state index in [0.717, 1.165) is 27.9 Å². The molecule has 1 fully saturated rings. The molecular weight excluding hydrogens is 287 g/mol. The van der Waals surface area contributed by atoms with Crippen molar-refractivity contribution in [3.8, 4) is 0 Å². The molecule has 1 aliphatic heterocycles. The molecule has 2 unspecified atom stereocenters. The van der Waals surface area contributed by atoms with Crippen molar-refractivity contribution in [2.75, 3.05) is 32.1 Å². The number of hydrogen-bond donors (Lipinski definition) is 1. The van der Waals surface area contributed by atoms with Crippen LogP contribution in [0.4, 0.5) is 0 Å². The molecule has 1 aliphatic rings. The van der Waals surface area contributed by atoms with Crippen LogP contribution in [0, 0.1) is 0 Å². The fourth-order valence-corrected chi connectivity index (χ4v) is 4.05. The predicted octanol–water partition coefficient (Wildman–Crippen LogP) is 3.30. The Kier molecular flexibility index (Phi) is 5.22. The van der Waals surface area contributed by atoms with Crippen LogP contribution in [-0.4, -0.2) is 43.1 Å². The van der Waals surface area contributed by atoms with E-state index in [1.807, 2.05) is 37.0 Å². The highest BCUT2D eigenvalue weighted by Crippen LogP contribution is 2.32. The Morgan fingerprint density at radius 3 is 2.89 bits per heavy atom. The molecule has 0 spiro atoms. The number of thioether (sulfide) groups is 1. The summed E-state index contributed by atoms with van der Waals surface area (Å²) in [7, 11) is 4.15. The molecule has 2 nitrogen and oxygen atoms in total. The van der Waals surface area contributed by atoms with Gasteiger partial charge in [0, 0.05) is 40.2 Å². The molecule has 0 aromatic heterocycles. The van der Waals surface area contributed by atoms with Gasteiger partial charge in [0.05, 0.1) is 0 Å². The Labute approximate surface area is 123 Å². The van der Waals surface area contributed by atoms with Gasteiger partial charge in [0.2, 0.25) is 0 Å². The lowest BCUT2D eigenvalue weighted by Gasteiger charge is -2.38. The van der Waals surface area contributed by atoms with E-state index in [1.54, 1.807) is 0 Å². The molecule has 0 saturated carbocycles. The highest BCUT2D eigenvalue weighted by atomic mass is 35.5. The van der Waals surface area contributed by atoms with Crippen LogP contribution in [0.25, 0.3) is 0 Å². The van der Waals surface area contributed by atoms with E-state index in [0.29, 0.717) is 6.04 Å². The van der Waals surface area contributed by atoms with Crippen molar-refractivity contribution in [2.24, 2.45) is 0 Å². The fourth-order valence-electron chi connectivity index (χ4n) is 2.36. The van der Waals surface area contributed by atoms with E-state index < -0.39 is 0 Å². The summed E-state index contributed by atoms with van der Waals surface area (Å²) >= 11 is 14.4. The zero-order chi connectivity index (χ0) is 13.1. The van der Waals surface area contributed by atoms with Gasteiger partial charge >= 0.3 is 0 Å². The summed E-state index contributed by atoms with van der Waals surface area (Å²) in [6, 6.07) is 6.34. The van der Waals surface area contributed by atoms with Gasteiger partial charge in [-0.3, -0.25) is 4.90 Å². The third kappa shape index (κ3) is 3.14. The molecule has 0 bridgehead atoms. The maximum Gasteiger partial charge on any atom is 0.0499 e. The molecule has 0 aliphatic carbocycles. The normalized spacial score (nSPS) is 23.0. The van der Waals surface area contributed by atoms with Gasteiger partial charge in [0.15, 0.2) is 0 Å². The van der Waals surface area contributed by atoms with Crippen LogP contribution >= 0.6 is 35.0 Å². The molecule has 2 atom stereocenters. The SMILES string of the molecule is CNC(c1cc(Cl)ccc1Cl)C1CSCCN1C. The molecule has 0 radical (unpaired) electrons. The number of nitrogens with zero attached hydrogens (tertiary/aromatic N) is 1. The Morgan fingerprint density at radius 1 is 1.44 bits per heavy atom. The Hall–Kier alpha value is 0.0700. The molecular formula is C13H18Cl2N2S. The summed E-state index contributed by atoms with van der Waals surface area (Å²) in [4.78, 5) is 2.40. The van der Waals surface area contributed by atoms with Crippen molar-refractivity contribution in [1.82, 2.24) is 10.2 Å². The molecule has 1 aromatic rings. The summed E-state index contributed by atoms with van der Waals surface area (Å²) in [5.74, 6) is 2.32. The number of rotatable bonds is 3. The second-order valence-corrected chi connectivity index (χ2v) is 6.55. The summed E-state index contributed by atoms with van der Waals surface area (Å²) in [5, 5.41) is 4.91. The van der Waals surface area contributed by atoms with Gasteiger partial charge in [-0.1, -0.05) is 23.2 Å². The lowest BCUT2D eigenvalue weighted by atomic mass is 9.99. The van der Waals surface area contributed by atoms with Crippen molar-refractivity contribution in [2.45, 2.75) is 12.1 Å². The van der Waals surface area contributed by atoms with Crippen LogP contribution in [0.2, 0.25) is 10.0 Å². The average molecular weight is 305 g/mol. The standard InChI is InChI=1S/C13H18Cl2N2S/c1-16-13(12-8-18-6-5-17(12)2)10-7-9(14)3-4-11(10)15/h3-4,7,12-13,16H,5-6,8H2,1-2H3. The van der Waals surface area contributed by atoms with Crippen molar-refractivity contribution in [3.63, 3.8) is 0 Å². The topological polar surface area (TPSA) is 15.3 Å². The van der Waals surface area contributed by atoms with E-state index in [9.17, 15) is 0 Å². The van der Waals surface area contributed by atoms with Crippen molar-refractivity contribution < 1.29 is 0 Å². The van der Waals surface area contributed by atoms with E-state index in [2.05, 4.69) is 17.3 Å². The van der Waals surface area contributed by atoms with Gasteiger partial charge in [0.1, 0.15) is 0 Å². The van der Waals surface area contributed by atoms with Crippen LogP contribution in [-0.2, 0) is 0 Å². The molecule has 1 aromatic carbocycles. The number of halogens is 2. The first-order valence-electron chi connectivity index (χ1n) is 6.03. The van der Waals surface area contributed by atoms with E-state index in [4.69, 9.17) is 23.2 Å². The van der Waals surface area contributed by atoms with Crippen molar-refractivity contribution in [3.05, 3.63) is 33.8 Å². The fraction of sp³-hybridized carbons (Fsp3) is 0.538. The Balaban J connectivity index is 2.29. The van der Waals surface area contributed by atoms with Crippen molar-refractivity contribution >= 4 is 35.0 Å². The maximum atomic E-state index is 6.31. The maximum absolute atomic E-state index is 6.31. The smallest absolute Gasteiger partial charge is 0.0499 e. The minimum atomic E-state index is 0.217. The van der Waals surface area contributed by atoms with Gasteiger partial charge in [-0.2, -0.15) is 11.8 Å². The molecule has 1 heterocycles. The number of likely N-dealkylation sites (N-methyl/N-ethyl adjacent to an activating group) is 2. The van der Waals surface area contributed by atoms with Crippen molar-refractivity contribution in [1.29, 1.82) is 0 Å². The number of nitrogens with one attached hydrogen (secondary N) is 1. The monoisotopic (exact) mass is 304 g/mol. The third-order valence-corrected chi connectivity index (χ3v) is 5.06. The average Bonchev–Trinajstić information content (AvgIpc) is 2.36. The summed E-state index contributed by atoms with van der Waals surface area (Å²) < 4.78 is 0. The lowest BCUT2D eigenvalue weighted by Crippen LogP contribution is -2.47. The van der Waals surface area contributed by atoms with Gasteiger partial charge in [-0.05, 0) is 37.9 Å². The van der Waals surface area contributed by atoms with E-state index in [-0.39, 0.29) is 6.04 Å². The molecule has 1 saturated heterocycles. The molecule has 5 heteroatoms. The van der Waals surface area contributed by atoms with Crippen LogP contribution in [0.3, 0.4) is 0 Å². The molecule has 2 rings (SSSR count). The van der Waals surface area contributed by atoms with Crippen LogP contribution in [0.1, 0.15) is 11.6 Å². The van der Waals surface area contributed by atoms with Gasteiger partial charge in [0.25, 0.3) is 0 Å². The third-order valence-electron chi connectivity index (χ3n) is 3.43. The largest absolute Gasteiger partial charge is 0.312 e. The molecule has 18 heavy (non-hydrogen) atoms. The first kappa shape index (κ1) is 14.5. The Morgan fingerprint density at radius 2 is 2.22 bits per heavy atom. The summed E-state index contributed by atoms with van der Waals surface area (Å²) in [5.41, 5.74) is 1.09. The second-order valence-electron chi connectivity index (χ2n) is 4.56. The highest BCUT2D eigenvalue weighted by Gasteiger charge is 2.29. The zero-order valence-electron chi connectivity index (χ0n) is 10.6. The van der Waals surface area contributed by atoms with Crippen LogP contribution in [0.15, 0.2) is 18.2 Å². The lowest BCUT2D eigenvalue weighted by molar-refractivity contribution is 0.221. The minimum Gasteiger partial charge on any atom is -0.312 e. The summed E-state index contributed by atoms with van der Waals surface area (Å²) in [6.07, 6.45) is 0. The first-order chi connectivity index (χ1) is 8.63. The quantitative estimate of drug-likeness (QED) is 0.922. The summed E-state index contributed by atoms with van der Waals surface area (Å²) in [6.45, 7) is 1.12. The second kappa shape index (κ2) is 6.49. The zero-order valence-corrected chi connectivity index (χ0v) is 12.9. The molecule has 0 amide bonds. The van der Waals surface area contributed by atoms with E-state index in [1.165, 1.54) is 5.75 Å². The highest BCUT2D eigenvalue weighted by molar-refractivity contribution is 7.99. The van der Waals surface area contributed by atoms with Gasteiger partial charge in [-0.25, -0.2) is 0 Å². The van der Waals surface area contributed by atoms with Gasteiger partial charge < -0.3 is 5.32 Å².